The minimum atomic E-state index is -0.854. The summed E-state index contributed by atoms with van der Waals surface area (Å²) >= 11 is 5.79. The van der Waals surface area contributed by atoms with Gasteiger partial charge in [0, 0.05) is 10.7 Å². The molecule has 0 bridgehead atoms. The van der Waals surface area contributed by atoms with Gasteiger partial charge in [-0.05, 0) is 30.7 Å². The molecular formula is C11H9ClN4O3. The summed E-state index contributed by atoms with van der Waals surface area (Å²) in [5.41, 5.74) is -0.811. The molecule has 7 nitrogen and oxygen atoms in total. The third-order valence-electron chi connectivity index (χ3n) is 2.36. The molecule has 1 aromatic carbocycles. The minimum Gasteiger partial charge on any atom is -0.320 e. The maximum absolute atomic E-state index is 11.8. The minimum absolute atomic E-state index is 0.422. The highest BCUT2D eigenvalue weighted by Gasteiger charge is 2.14. The Morgan fingerprint density at radius 3 is 2.74 bits per heavy atom. The van der Waals surface area contributed by atoms with Crippen LogP contribution in [0.4, 0.5) is 5.69 Å². The Morgan fingerprint density at radius 2 is 2.11 bits per heavy atom. The van der Waals surface area contributed by atoms with Gasteiger partial charge in [0.15, 0.2) is 0 Å². The summed E-state index contributed by atoms with van der Waals surface area (Å²) < 4.78 is 0. The standard InChI is InChI=1S/C11H9ClN4O3/c1-5-4-6(12)2-3-7(5)13-9(17)8-10(18)14-11(19)16-15-8/h2-4H,1H3,(H,13,17)(H2,14,16,18,19). The van der Waals surface area contributed by atoms with Crippen LogP contribution in [0.25, 0.3) is 0 Å². The van der Waals surface area contributed by atoms with Crippen molar-refractivity contribution in [1.29, 1.82) is 0 Å². The Hall–Kier alpha value is -2.41. The number of aryl methyl sites for hydroxylation is 1. The number of rotatable bonds is 2. The first-order valence-corrected chi connectivity index (χ1v) is 5.61. The van der Waals surface area contributed by atoms with E-state index < -0.39 is 22.9 Å². The number of aromatic nitrogens is 3. The average molecular weight is 281 g/mol. The largest absolute Gasteiger partial charge is 0.342 e. The molecule has 2 rings (SSSR count). The molecule has 0 aliphatic carbocycles. The van der Waals surface area contributed by atoms with Crippen molar-refractivity contribution in [3.05, 3.63) is 55.3 Å². The lowest BCUT2D eigenvalue weighted by molar-refractivity contribution is 0.101. The van der Waals surface area contributed by atoms with Crippen molar-refractivity contribution in [3.63, 3.8) is 0 Å². The van der Waals surface area contributed by atoms with E-state index in [0.29, 0.717) is 10.7 Å². The number of nitrogens with one attached hydrogen (secondary N) is 3. The van der Waals surface area contributed by atoms with Crippen LogP contribution in [0.3, 0.4) is 0 Å². The van der Waals surface area contributed by atoms with Crippen LogP contribution < -0.4 is 16.6 Å². The number of H-pyrrole nitrogens is 2. The van der Waals surface area contributed by atoms with Gasteiger partial charge in [0.05, 0.1) is 0 Å². The second kappa shape index (κ2) is 5.07. The van der Waals surface area contributed by atoms with Crippen LogP contribution in [-0.2, 0) is 0 Å². The lowest BCUT2D eigenvalue weighted by Crippen LogP contribution is -2.32. The number of nitrogens with zero attached hydrogens (tertiary/aromatic N) is 1. The van der Waals surface area contributed by atoms with Gasteiger partial charge in [-0.15, -0.1) is 0 Å². The van der Waals surface area contributed by atoms with Crippen molar-refractivity contribution in [2.24, 2.45) is 0 Å². The highest BCUT2D eigenvalue weighted by molar-refractivity contribution is 6.30. The number of hydrogen-bond acceptors (Lipinski definition) is 4. The Kier molecular flexibility index (Phi) is 3.48. The summed E-state index contributed by atoms with van der Waals surface area (Å²) in [5.74, 6) is -0.720. The monoisotopic (exact) mass is 280 g/mol. The van der Waals surface area contributed by atoms with Gasteiger partial charge >= 0.3 is 5.69 Å². The predicted molar refractivity (Wildman–Crippen MR) is 69.6 cm³/mol. The summed E-state index contributed by atoms with van der Waals surface area (Å²) in [4.78, 5) is 35.9. The topological polar surface area (TPSA) is 108 Å². The fraction of sp³-hybridized carbons (Fsp3) is 0.0909. The highest BCUT2D eigenvalue weighted by Crippen LogP contribution is 2.19. The van der Waals surface area contributed by atoms with Gasteiger partial charge in [-0.1, -0.05) is 11.6 Å². The molecule has 0 atom stereocenters. The molecule has 98 valence electrons. The normalized spacial score (nSPS) is 10.2. The molecule has 1 amide bonds. The molecule has 0 saturated heterocycles. The molecule has 0 radical (unpaired) electrons. The fourth-order valence-corrected chi connectivity index (χ4v) is 1.68. The second-order valence-electron chi connectivity index (χ2n) is 3.77. The Morgan fingerprint density at radius 1 is 1.37 bits per heavy atom. The van der Waals surface area contributed by atoms with Crippen LogP contribution >= 0.6 is 11.6 Å². The van der Waals surface area contributed by atoms with Gasteiger partial charge in [-0.3, -0.25) is 14.6 Å². The van der Waals surface area contributed by atoms with Crippen LogP contribution in [-0.4, -0.2) is 21.1 Å². The molecule has 19 heavy (non-hydrogen) atoms. The molecule has 0 fully saturated rings. The highest BCUT2D eigenvalue weighted by atomic mass is 35.5. The number of anilines is 1. The number of aromatic amines is 2. The van der Waals surface area contributed by atoms with Crippen molar-refractivity contribution >= 4 is 23.2 Å². The maximum atomic E-state index is 11.8. The molecular weight excluding hydrogens is 272 g/mol. The average Bonchev–Trinajstić information content (AvgIpc) is 2.32. The lowest BCUT2D eigenvalue weighted by atomic mass is 10.2. The third-order valence-corrected chi connectivity index (χ3v) is 2.60. The first-order chi connectivity index (χ1) is 8.97. The molecule has 1 heterocycles. The molecule has 1 aromatic heterocycles. The molecule has 0 spiro atoms. The number of benzene rings is 1. The van der Waals surface area contributed by atoms with Crippen LogP contribution in [0.15, 0.2) is 27.8 Å². The van der Waals surface area contributed by atoms with E-state index >= 15 is 0 Å². The van der Waals surface area contributed by atoms with E-state index in [0.717, 1.165) is 5.56 Å². The number of carbonyl (C=O) groups is 1. The first-order valence-electron chi connectivity index (χ1n) is 5.24. The number of halogens is 1. The van der Waals surface area contributed by atoms with Gasteiger partial charge in [0.2, 0.25) is 5.69 Å². The maximum Gasteiger partial charge on any atom is 0.342 e. The van der Waals surface area contributed by atoms with E-state index in [1.54, 1.807) is 25.1 Å². The summed E-state index contributed by atoms with van der Waals surface area (Å²) in [7, 11) is 0. The van der Waals surface area contributed by atoms with Crippen LogP contribution in [0.1, 0.15) is 16.1 Å². The fourth-order valence-electron chi connectivity index (χ4n) is 1.45. The lowest BCUT2D eigenvalue weighted by Gasteiger charge is -2.07. The summed E-state index contributed by atoms with van der Waals surface area (Å²) in [5, 5.41) is 8.44. The second-order valence-corrected chi connectivity index (χ2v) is 4.21. The van der Waals surface area contributed by atoms with E-state index in [1.165, 1.54) is 0 Å². The molecule has 0 unspecified atom stereocenters. The molecule has 8 heteroatoms. The molecule has 0 saturated carbocycles. The van der Waals surface area contributed by atoms with Crippen LogP contribution in [0.5, 0.6) is 0 Å². The SMILES string of the molecule is Cc1cc(Cl)ccc1NC(=O)c1n[nH]c(=O)[nH]c1=O. The molecule has 2 aromatic rings. The molecule has 3 N–H and O–H groups in total. The van der Waals surface area contributed by atoms with Gasteiger partial charge in [0.1, 0.15) is 0 Å². The smallest absolute Gasteiger partial charge is 0.320 e. The van der Waals surface area contributed by atoms with Crippen molar-refractivity contribution in [2.45, 2.75) is 6.92 Å². The van der Waals surface area contributed by atoms with Crippen molar-refractivity contribution in [3.8, 4) is 0 Å². The number of amides is 1. The van der Waals surface area contributed by atoms with Gasteiger partial charge in [-0.25, -0.2) is 9.89 Å². The quantitative estimate of drug-likeness (QED) is 0.751. The van der Waals surface area contributed by atoms with Crippen LogP contribution in [0.2, 0.25) is 5.02 Å². The Balaban J connectivity index is 2.31. The van der Waals surface area contributed by atoms with E-state index in [2.05, 4.69) is 10.4 Å². The van der Waals surface area contributed by atoms with Crippen molar-refractivity contribution < 1.29 is 4.79 Å². The zero-order valence-electron chi connectivity index (χ0n) is 9.78. The van der Waals surface area contributed by atoms with Gasteiger partial charge < -0.3 is 5.32 Å². The van der Waals surface area contributed by atoms with E-state index in [4.69, 9.17) is 11.6 Å². The van der Waals surface area contributed by atoms with E-state index in [9.17, 15) is 14.4 Å². The van der Waals surface area contributed by atoms with Gasteiger partial charge in [0.25, 0.3) is 11.5 Å². The van der Waals surface area contributed by atoms with Gasteiger partial charge in [-0.2, -0.15) is 5.10 Å². The van der Waals surface area contributed by atoms with E-state index in [-0.39, 0.29) is 0 Å². The zero-order chi connectivity index (χ0) is 14.0. The number of carbonyl (C=O) groups excluding carboxylic acids is 1. The first kappa shape index (κ1) is 13.0. The van der Waals surface area contributed by atoms with E-state index in [1.807, 2.05) is 10.1 Å². The third kappa shape index (κ3) is 2.89. The molecule has 0 aliphatic rings. The zero-order valence-corrected chi connectivity index (χ0v) is 10.5. The summed E-state index contributed by atoms with van der Waals surface area (Å²) in [6, 6.07) is 4.88. The Bertz CT molecular complexity index is 750. The van der Waals surface area contributed by atoms with Crippen LogP contribution in [0, 0.1) is 6.92 Å². The predicted octanol–water partition coefficient (Wildman–Crippen LogP) is 0.672. The van der Waals surface area contributed by atoms with Crippen molar-refractivity contribution in [1.82, 2.24) is 15.2 Å². The summed E-state index contributed by atoms with van der Waals surface area (Å²) in [6.07, 6.45) is 0. The Labute approximate surface area is 111 Å². The molecule has 0 aliphatic heterocycles. The van der Waals surface area contributed by atoms with Crippen molar-refractivity contribution in [2.75, 3.05) is 5.32 Å². The summed E-state index contributed by atoms with van der Waals surface area (Å²) in [6.45, 7) is 1.76. The number of hydrogen-bond donors (Lipinski definition) is 3.